The van der Waals surface area contributed by atoms with Crippen molar-refractivity contribution < 1.29 is 4.79 Å². The second kappa shape index (κ2) is 7.57. The van der Waals surface area contributed by atoms with E-state index in [0.717, 1.165) is 27.5 Å². The highest BCUT2D eigenvalue weighted by atomic mass is 32.2. The predicted octanol–water partition coefficient (Wildman–Crippen LogP) is 4.51. The van der Waals surface area contributed by atoms with Gasteiger partial charge in [-0.3, -0.25) is 4.79 Å². The summed E-state index contributed by atoms with van der Waals surface area (Å²) in [5, 5.41) is 3.52. The van der Waals surface area contributed by atoms with Gasteiger partial charge in [0.05, 0.1) is 0 Å². The molecule has 3 rings (SSSR count). The van der Waals surface area contributed by atoms with Crippen LogP contribution >= 0.6 is 11.8 Å². The van der Waals surface area contributed by atoms with Crippen LogP contribution in [0.4, 0.5) is 5.69 Å². The van der Waals surface area contributed by atoms with E-state index in [0.29, 0.717) is 0 Å². The third-order valence-corrected chi connectivity index (χ3v) is 5.32. The van der Waals surface area contributed by atoms with Crippen LogP contribution in [-0.4, -0.2) is 15.5 Å². The molecule has 0 fully saturated rings. The summed E-state index contributed by atoms with van der Waals surface area (Å²) in [6.45, 7) is 4.02. The Labute approximate surface area is 152 Å². The van der Waals surface area contributed by atoms with Gasteiger partial charge >= 0.3 is 0 Å². The second-order valence-electron chi connectivity index (χ2n) is 6.04. The van der Waals surface area contributed by atoms with E-state index in [9.17, 15) is 4.79 Å². The van der Waals surface area contributed by atoms with E-state index in [2.05, 4.69) is 10.3 Å². The zero-order chi connectivity index (χ0) is 17.8. The van der Waals surface area contributed by atoms with Crippen molar-refractivity contribution in [3.8, 4) is 0 Å². The Kier molecular flexibility index (Phi) is 5.24. The maximum atomic E-state index is 13.0. The van der Waals surface area contributed by atoms with Crippen LogP contribution in [0.1, 0.15) is 21.9 Å². The fourth-order valence-corrected chi connectivity index (χ4v) is 3.56. The zero-order valence-corrected chi connectivity index (χ0v) is 15.4. The molecule has 1 heterocycles. The van der Waals surface area contributed by atoms with E-state index in [-0.39, 0.29) is 11.2 Å². The lowest BCUT2D eigenvalue weighted by Gasteiger charge is -2.18. The summed E-state index contributed by atoms with van der Waals surface area (Å²) in [7, 11) is 1.93. The molecule has 1 amide bonds. The molecule has 2 aromatic carbocycles. The number of aromatic nitrogens is 2. The average Bonchev–Trinajstić information content (AvgIpc) is 3.01. The predicted molar refractivity (Wildman–Crippen MR) is 103 cm³/mol. The number of carbonyl (C=O) groups excluding carboxylic acids is 1. The standard InChI is InChI=1S/C20H21N3OS/c1-14-9-10-15(2)17(13-14)22-19(24)18(16-7-5-4-6-8-16)25-20-21-11-12-23(20)3/h4-13,18H,1-3H3,(H,22,24)/t18-/m0/s1. The Morgan fingerprint density at radius 1 is 1.16 bits per heavy atom. The molecule has 0 radical (unpaired) electrons. The van der Waals surface area contributed by atoms with Gasteiger partial charge in [0.1, 0.15) is 5.25 Å². The van der Waals surface area contributed by atoms with Gasteiger partial charge in [0.15, 0.2) is 5.16 Å². The summed E-state index contributed by atoms with van der Waals surface area (Å²) < 4.78 is 1.92. The van der Waals surface area contributed by atoms with Crippen molar-refractivity contribution in [1.82, 2.24) is 9.55 Å². The van der Waals surface area contributed by atoms with Crippen LogP contribution in [0.15, 0.2) is 66.1 Å². The number of thioether (sulfide) groups is 1. The average molecular weight is 351 g/mol. The first-order valence-corrected chi connectivity index (χ1v) is 8.99. The summed E-state index contributed by atoms with van der Waals surface area (Å²) in [5.41, 5.74) is 3.98. The SMILES string of the molecule is Cc1ccc(C)c(NC(=O)[C@@H](Sc2nccn2C)c2ccccc2)c1. The van der Waals surface area contributed by atoms with Crippen molar-refractivity contribution in [3.05, 3.63) is 77.6 Å². The first-order valence-electron chi connectivity index (χ1n) is 8.11. The Balaban J connectivity index is 1.89. The fraction of sp³-hybridized carbons (Fsp3) is 0.200. The van der Waals surface area contributed by atoms with Gasteiger partial charge in [-0.05, 0) is 36.6 Å². The van der Waals surface area contributed by atoms with Gasteiger partial charge in [-0.25, -0.2) is 4.98 Å². The highest BCUT2D eigenvalue weighted by Gasteiger charge is 2.24. The molecule has 0 aliphatic carbocycles. The lowest BCUT2D eigenvalue weighted by Crippen LogP contribution is -2.20. The first-order chi connectivity index (χ1) is 12.0. The van der Waals surface area contributed by atoms with Gasteiger partial charge in [-0.2, -0.15) is 0 Å². The number of aryl methyl sites for hydroxylation is 3. The van der Waals surface area contributed by atoms with Crippen molar-refractivity contribution in [1.29, 1.82) is 0 Å². The number of amides is 1. The van der Waals surface area contributed by atoms with Gasteiger partial charge in [0.2, 0.25) is 5.91 Å². The number of hydrogen-bond donors (Lipinski definition) is 1. The van der Waals surface area contributed by atoms with Gasteiger partial charge in [-0.15, -0.1) is 0 Å². The minimum absolute atomic E-state index is 0.0482. The van der Waals surface area contributed by atoms with Crippen molar-refractivity contribution in [2.45, 2.75) is 24.3 Å². The number of rotatable bonds is 5. The van der Waals surface area contributed by atoms with Gasteiger partial charge in [0, 0.05) is 25.1 Å². The molecular formula is C20H21N3OS. The molecule has 0 bridgehead atoms. The van der Waals surface area contributed by atoms with E-state index < -0.39 is 0 Å². The summed E-state index contributed by atoms with van der Waals surface area (Å²) in [6.07, 6.45) is 3.62. The summed E-state index contributed by atoms with van der Waals surface area (Å²) in [6, 6.07) is 15.9. The molecule has 25 heavy (non-hydrogen) atoms. The number of benzene rings is 2. The Morgan fingerprint density at radius 2 is 1.92 bits per heavy atom. The highest BCUT2D eigenvalue weighted by molar-refractivity contribution is 8.00. The largest absolute Gasteiger partial charge is 0.329 e. The molecule has 5 heteroatoms. The number of imidazole rings is 1. The molecule has 1 N–H and O–H groups in total. The smallest absolute Gasteiger partial charge is 0.242 e. The third-order valence-electron chi connectivity index (χ3n) is 3.99. The van der Waals surface area contributed by atoms with Crippen LogP contribution in [-0.2, 0) is 11.8 Å². The molecule has 0 saturated heterocycles. The Hall–Kier alpha value is -2.53. The molecule has 0 unspecified atom stereocenters. The second-order valence-corrected chi connectivity index (χ2v) is 7.11. The van der Waals surface area contributed by atoms with Crippen molar-refractivity contribution in [3.63, 3.8) is 0 Å². The number of carbonyl (C=O) groups is 1. The molecule has 4 nitrogen and oxygen atoms in total. The van der Waals surface area contributed by atoms with E-state index in [4.69, 9.17) is 0 Å². The molecule has 128 valence electrons. The quantitative estimate of drug-likeness (QED) is 0.688. The maximum absolute atomic E-state index is 13.0. The van der Waals surface area contributed by atoms with Crippen LogP contribution in [0.2, 0.25) is 0 Å². The van der Waals surface area contributed by atoms with Crippen LogP contribution < -0.4 is 5.32 Å². The number of anilines is 1. The van der Waals surface area contributed by atoms with E-state index in [1.807, 2.05) is 80.2 Å². The van der Waals surface area contributed by atoms with Crippen molar-refractivity contribution >= 4 is 23.4 Å². The van der Waals surface area contributed by atoms with E-state index in [1.165, 1.54) is 11.8 Å². The minimum Gasteiger partial charge on any atom is -0.329 e. The van der Waals surface area contributed by atoms with Gasteiger partial charge in [0.25, 0.3) is 0 Å². The normalized spacial score (nSPS) is 12.0. The number of nitrogens with zero attached hydrogens (tertiary/aromatic N) is 2. The summed E-state index contributed by atoms with van der Waals surface area (Å²) >= 11 is 1.45. The monoisotopic (exact) mass is 351 g/mol. The Bertz CT molecular complexity index is 874. The van der Waals surface area contributed by atoms with E-state index in [1.54, 1.807) is 6.20 Å². The third kappa shape index (κ3) is 4.12. The molecule has 3 aromatic rings. The molecule has 1 atom stereocenters. The molecule has 1 aromatic heterocycles. The summed E-state index contributed by atoms with van der Waals surface area (Å²) in [5.74, 6) is -0.0482. The van der Waals surface area contributed by atoms with E-state index >= 15 is 0 Å². The van der Waals surface area contributed by atoms with Crippen LogP contribution in [0.3, 0.4) is 0 Å². The maximum Gasteiger partial charge on any atom is 0.242 e. The summed E-state index contributed by atoms with van der Waals surface area (Å²) in [4.78, 5) is 17.4. The Morgan fingerprint density at radius 3 is 2.60 bits per heavy atom. The number of hydrogen-bond acceptors (Lipinski definition) is 3. The van der Waals surface area contributed by atoms with Crippen LogP contribution in [0.5, 0.6) is 0 Å². The molecule has 0 aliphatic heterocycles. The van der Waals surface area contributed by atoms with Gasteiger partial charge < -0.3 is 9.88 Å². The topological polar surface area (TPSA) is 46.9 Å². The minimum atomic E-state index is -0.373. The van der Waals surface area contributed by atoms with Crippen LogP contribution in [0, 0.1) is 13.8 Å². The fourth-order valence-electron chi connectivity index (χ4n) is 2.54. The molecule has 0 saturated carbocycles. The van der Waals surface area contributed by atoms with Crippen molar-refractivity contribution in [2.75, 3.05) is 5.32 Å². The molecule has 0 aliphatic rings. The van der Waals surface area contributed by atoms with Gasteiger partial charge in [-0.1, -0.05) is 54.2 Å². The zero-order valence-electron chi connectivity index (χ0n) is 14.6. The van der Waals surface area contributed by atoms with Crippen molar-refractivity contribution in [2.24, 2.45) is 7.05 Å². The number of nitrogens with one attached hydrogen (secondary N) is 1. The molecular weight excluding hydrogens is 330 g/mol. The molecule has 0 spiro atoms. The highest BCUT2D eigenvalue weighted by Crippen LogP contribution is 2.35. The lowest BCUT2D eigenvalue weighted by molar-refractivity contribution is -0.115. The van der Waals surface area contributed by atoms with Crippen LogP contribution in [0.25, 0.3) is 0 Å². The lowest BCUT2D eigenvalue weighted by atomic mass is 10.1. The first kappa shape index (κ1) is 17.3.